The summed E-state index contributed by atoms with van der Waals surface area (Å²) in [6, 6.07) is 13.2. The maximum atomic E-state index is 12.9. The molecule has 7 heteroatoms. The first-order valence-electron chi connectivity index (χ1n) is 9.49. The summed E-state index contributed by atoms with van der Waals surface area (Å²) in [4.78, 5) is 27.9. The Bertz CT molecular complexity index is 914. The molecule has 28 heavy (non-hydrogen) atoms. The summed E-state index contributed by atoms with van der Waals surface area (Å²) in [5, 5.41) is 11.2. The van der Waals surface area contributed by atoms with Crippen molar-refractivity contribution in [3.05, 3.63) is 69.3 Å². The predicted octanol–water partition coefficient (Wildman–Crippen LogP) is 2.88. The third-order valence-corrected chi connectivity index (χ3v) is 5.75. The number of ether oxygens (including phenoxy) is 1. The van der Waals surface area contributed by atoms with Crippen LogP contribution in [-0.2, 0) is 13.0 Å². The number of hydrogen-bond acceptors (Lipinski definition) is 5. The molecule has 2 aromatic carbocycles. The van der Waals surface area contributed by atoms with Gasteiger partial charge >= 0.3 is 5.69 Å². The van der Waals surface area contributed by atoms with E-state index in [0.29, 0.717) is 24.7 Å². The SMILES string of the molecule is COc1ccc(C(=O)N2CC[C@H](N3CCc4ccccc4C3)C2)cc1[N+](=O)[O-]. The van der Waals surface area contributed by atoms with Crippen LogP contribution in [0.2, 0.25) is 0 Å². The molecule has 0 aromatic heterocycles. The van der Waals surface area contributed by atoms with Gasteiger partial charge in [0.05, 0.1) is 12.0 Å². The zero-order chi connectivity index (χ0) is 19.7. The second-order valence-corrected chi connectivity index (χ2v) is 7.33. The molecule has 0 unspecified atom stereocenters. The van der Waals surface area contributed by atoms with Gasteiger partial charge in [0.1, 0.15) is 0 Å². The van der Waals surface area contributed by atoms with Gasteiger partial charge in [-0.2, -0.15) is 0 Å². The second-order valence-electron chi connectivity index (χ2n) is 7.33. The third kappa shape index (κ3) is 3.45. The van der Waals surface area contributed by atoms with Crippen LogP contribution < -0.4 is 4.74 Å². The van der Waals surface area contributed by atoms with E-state index in [1.165, 1.54) is 30.4 Å². The zero-order valence-corrected chi connectivity index (χ0v) is 15.8. The number of nitro groups is 1. The van der Waals surface area contributed by atoms with Crippen molar-refractivity contribution in [1.82, 2.24) is 9.80 Å². The Balaban J connectivity index is 1.45. The minimum atomic E-state index is -0.520. The average Bonchev–Trinajstić information content (AvgIpc) is 3.22. The van der Waals surface area contributed by atoms with Gasteiger partial charge in [0.15, 0.2) is 5.75 Å². The first-order chi connectivity index (χ1) is 13.6. The third-order valence-electron chi connectivity index (χ3n) is 5.75. The van der Waals surface area contributed by atoms with Gasteiger partial charge in [0, 0.05) is 43.9 Å². The highest BCUT2D eigenvalue weighted by Gasteiger charge is 2.33. The molecule has 0 aliphatic carbocycles. The number of hydrogen-bond donors (Lipinski definition) is 0. The molecule has 0 radical (unpaired) electrons. The van der Waals surface area contributed by atoms with Gasteiger partial charge in [-0.05, 0) is 36.1 Å². The average molecular weight is 381 g/mol. The molecule has 4 rings (SSSR count). The summed E-state index contributed by atoms with van der Waals surface area (Å²) in [5.41, 5.74) is 2.92. The van der Waals surface area contributed by atoms with Crippen molar-refractivity contribution in [3.8, 4) is 5.75 Å². The van der Waals surface area contributed by atoms with Crippen molar-refractivity contribution < 1.29 is 14.5 Å². The van der Waals surface area contributed by atoms with Crippen molar-refractivity contribution in [1.29, 1.82) is 0 Å². The van der Waals surface area contributed by atoms with Gasteiger partial charge in [0.25, 0.3) is 5.91 Å². The van der Waals surface area contributed by atoms with Gasteiger partial charge in [-0.15, -0.1) is 0 Å². The summed E-state index contributed by atoms with van der Waals surface area (Å²) >= 11 is 0. The van der Waals surface area contributed by atoms with E-state index in [1.54, 1.807) is 11.0 Å². The number of carbonyl (C=O) groups is 1. The van der Waals surface area contributed by atoms with E-state index in [1.807, 2.05) is 0 Å². The fraction of sp³-hybridized carbons (Fsp3) is 0.381. The van der Waals surface area contributed by atoms with E-state index in [4.69, 9.17) is 4.74 Å². The molecule has 1 saturated heterocycles. The summed E-state index contributed by atoms with van der Waals surface area (Å²) in [7, 11) is 1.38. The number of carbonyl (C=O) groups excluding carboxylic acids is 1. The molecule has 1 atom stereocenters. The number of benzene rings is 2. The number of nitrogens with zero attached hydrogens (tertiary/aromatic N) is 3. The normalized spacial score (nSPS) is 19.3. The number of likely N-dealkylation sites (tertiary alicyclic amines) is 1. The maximum absolute atomic E-state index is 12.9. The van der Waals surface area contributed by atoms with Gasteiger partial charge in [0.2, 0.25) is 0 Å². The minimum Gasteiger partial charge on any atom is -0.490 e. The number of methoxy groups -OCH3 is 1. The van der Waals surface area contributed by atoms with Crippen LogP contribution in [0, 0.1) is 10.1 Å². The van der Waals surface area contributed by atoms with Crippen LogP contribution >= 0.6 is 0 Å². The van der Waals surface area contributed by atoms with Crippen LogP contribution in [0.25, 0.3) is 0 Å². The number of amides is 1. The molecular formula is C21H23N3O4. The smallest absolute Gasteiger partial charge is 0.311 e. The number of nitro benzene ring substituents is 1. The van der Waals surface area contributed by atoms with E-state index in [-0.39, 0.29) is 17.3 Å². The molecule has 0 spiro atoms. The lowest BCUT2D eigenvalue weighted by atomic mass is 9.98. The number of fused-ring (bicyclic) bond motifs is 1. The van der Waals surface area contributed by atoms with Crippen molar-refractivity contribution in [2.24, 2.45) is 0 Å². The number of rotatable bonds is 4. The lowest BCUT2D eigenvalue weighted by Crippen LogP contribution is -2.41. The summed E-state index contributed by atoms with van der Waals surface area (Å²) in [6.45, 7) is 3.23. The lowest BCUT2D eigenvalue weighted by molar-refractivity contribution is -0.385. The fourth-order valence-electron chi connectivity index (χ4n) is 4.20. The molecule has 146 valence electrons. The van der Waals surface area contributed by atoms with E-state index >= 15 is 0 Å². The van der Waals surface area contributed by atoms with E-state index in [0.717, 1.165) is 25.9 Å². The Morgan fingerprint density at radius 3 is 2.71 bits per heavy atom. The topological polar surface area (TPSA) is 75.9 Å². The van der Waals surface area contributed by atoms with E-state index in [9.17, 15) is 14.9 Å². The summed E-state index contributed by atoms with van der Waals surface area (Å²) in [6.07, 6.45) is 1.96. The first-order valence-corrected chi connectivity index (χ1v) is 9.49. The van der Waals surface area contributed by atoms with Crippen LogP contribution in [0.15, 0.2) is 42.5 Å². The van der Waals surface area contributed by atoms with Crippen molar-refractivity contribution in [2.45, 2.75) is 25.4 Å². The standard InChI is InChI=1S/C21H23N3O4/c1-28-20-7-6-16(12-19(20)24(26)27)21(25)23-11-9-18(14-23)22-10-8-15-4-2-3-5-17(15)13-22/h2-7,12,18H,8-11,13-14H2,1H3/t18-/m0/s1. The monoisotopic (exact) mass is 381 g/mol. The molecule has 7 nitrogen and oxygen atoms in total. The molecule has 2 aliphatic heterocycles. The highest BCUT2D eigenvalue weighted by molar-refractivity contribution is 5.95. The predicted molar refractivity (Wildman–Crippen MR) is 105 cm³/mol. The summed E-state index contributed by atoms with van der Waals surface area (Å²) < 4.78 is 5.02. The molecule has 2 aliphatic rings. The molecule has 0 saturated carbocycles. The minimum absolute atomic E-state index is 0.160. The molecule has 2 aromatic rings. The zero-order valence-electron chi connectivity index (χ0n) is 15.8. The summed E-state index contributed by atoms with van der Waals surface area (Å²) in [5.74, 6) is -0.00140. The van der Waals surface area contributed by atoms with Gasteiger partial charge in [-0.3, -0.25) is 19.8 Å². The molecule has 2 heterocycles. The molecule has 0 N–H and O–H groups in total. The van der Waals surface area contributed by atoms with Crippen LogP contribution in [-0.4, -0.2) is 53.4 Å². The van der Waals surface area contributed by atoms with Gasteiger partial charge < -0.3 is 9.64 Å². The Morgan fingerprint density at radius 1 is 1.18 bits per heavy atom. The van der Waals surface area contributed by atoms with E-state index in [2.05, 4.69) is 29.2 Å². The maximum Gasteiger partial charge on any atom is 0.311 e. The largest absolute Gasteiger partial charge is 0.490 e. The lowest BCUT2D eigenvalue weighted by Gasteiger charge is -2.33. The van der Waals surface area contributed by atoms with Gasteiger partial charge in [-0.25, -0.2) is 0 Å². The van der Waals surface area contributed by atoms with Crippen molar-refractivity contribution in [3.63, 3.8) is 0 Å². The Kier molecular flexibility index (Phi) is 5.00. The highest BCUT2D eigenvalue weighted by atomic mass is 16.6. The fourth-order valence-corrected chi connectivity index (χ4v) is 4.20. The van der Waals surface area contributed by atoms with Crippen LogP contribution in [0.1, 0.15) is 27.9 Å². The molecular weight excluding hydrogens is 358 g/mol. The molecule has 1 amide bonds. The van der Waals surface area contributed by atoms with Crippen LogP contribution in [0.5, 0.6) is 5.75 Å². The molecule has 1 fully saturated rings. The Morgan fingerprint density at radius 2 is 1.96 bits per heavy atom. The highest BCUT2D eigenvalue weighted by Crippen LogP contribution is 2.29. The van der Waals surface area contributed by atoms with Crippen molar-refractivity contribution >= 4 is 11.6 Å². The Hall–Kier alpha value is -2.93. The van der Waals surface area contributed by atoms with Crippen LogP contribution in [0.3, 0.4) is 0 Å². The van der Waals surface area contributed by atoms with Gasteiger partial charge in [-0.1, -0.05) is 24.3 Å². The first kappa shape index (κ1) is 18.4. The quantitative estimate of drug-likeness (QED) is 0.601. The van der Waals surface area contributed by atoms with E-state index < -0.39 is 4.92 Å². The van der Waals surface area contributed by atoms with Crippen molar-refractivity contribution in [2.75, 3.05) is 26.7 Å². The van der Waals surface area contributed by atoms with Crippen LogP contribution in [0.4, 0.5) is 5.69 Å². The Labute approximate surface area is 163 Å². The second kappa shape index (κ2) is 7.59. The molecule has 0 bridgehead atoms.